The summed E-state index contributed by atoms with van der Waals surface area (Å²) in [7, 11) is 0. The molecule has 2 heterocycles. The van der Waals surface area contributed by atoms with Gasteiger partial charge in [0.05, 0.1) is 24.8 Å². The largest absolute Gasteiger partial charge is 0.489 e. The van der Waals surface area contributed by atoms with Gasteiger partial charge in [-0.05, 0) is 122 Å². The number of rotatable bonds is 12. The SMILES string of the molecule is CC(C)(C)CC(=O)OC(C)(C)C.CC(C)(C)Cc1ccc(C(=O)c2ccccc2)cc1.CC(C)(C)Cc1cnc[nH]1.Cc1ccc(COc2ccc(CC(C)(C)C)cc2)cc1.Cc1ccc(Cn2cnc(CC(C)(C)C)c2)cc1. The molecule has 8 heteroatoms. The number of hydrogen-bond acceptors (Lipinski definition) is 6. The molecule has 0 bridgehead atoms. The lowest BCUT2D eigenvalue weighted by atomic mass is 9.87. The third-order valence-corrected chi connectivity index (χ3v) is 11.4. The van der Waals surface area contributed by atoms with Crippen LogP contribution in [0.15, 0.2) is 152 Å². The number of benzene rings is 5. The molecular formula is C71H100N4O4. The summed E-state index contributed by atoms with van der Waals surface area (Å²) in [5, 5.41) is 0. The highest BCUT2D eigenvalue weighted by atomic mass is 16.6. The minimum absolute atomic E-state index is 0.0162. The maximum atomic E-state index is 12.2. The standard InChI is InChI=1S/C19H24O.C18H20O.C16H22N2.C10H20O2.C8H14N2/c1-15-5-7-17(8-6-15)14-20-18-11-9-16(10-12-18)13-19(2,3)4;1-18(2,3)13-14-9-11-16(12-10-14)17(19)15-7-5-4-6-8-15;1-13-5-7-14(8-6-13)10-18-11-15(17-12-18)9-16(2,3)4;1-9(2,3)7-8(11)12-10(4,5)6;1-8(2,3)4-7-5-9-6-10-7/h5-12H,13-14H2,1-4H3;4-12H,13H2,1-3H3;5-8,11-12H,9-10H2,1-4H3;7H2,1-6H3;5-6H,4H2,1-3H3,(H,9,10). The third-order valence-electron chi connectivity index (χ3n) is 11.4. The molecule has 0 aliphatic heterocycles. The van der Waals surface area contributed by atoms with Gasteiger partial charge in [-0.3, -0.25) is 9.59 Å². The summed E-state index contributed by atoms with van der Waals surface area (Å²) in [4.78, 5) is 35.0. The summed E-state index contributed by atoms with van der Waals surface area (Å²) >= 11 is 0. The first-order chi connectivity index (χ1) is 36.5. The van der Waals surface area contributed by atoms with Gasteiger partial charge in [-0.2, -0.15) is 0 Å². The summed E-state index contributed by atoms with van der Waals surface area (Å²) in [6, 6.07) is 43.0. The van der Waals surface area contributed by atoms with Crippen LogP contribution in [0.4, 0.5) is 0 Å². The van der Waals surface area contributed by atoms with Gasteiger partial charge in [-0.15, -0.1) is 0 Å². The zero-order valence-electron chi connectivity index (χ0n) is 52.4. The number of aromatic nitrogens is 4. The van der Waals surface area contributed by atoms with Crippen molar-refractivity contribution in [2.75, 3.05) is 0 Å². The highest BCUT2D eigenvalue weighted by molar-refractivity contribution is 6.08. The first-order valence-corrected chi connectivity index (χ1v) is 28.2. The Hall–Kier alpha value is -6.54. The number of hydrogen-bond donors (Lipinski definition) is 1. The van der Waals surface area contributed by atoms with Gasteiger partial charge in [0.25, 0.3) is 0 Å². The zero-order chi connectivity index (χ0) is 59.2. The lowest BCUT2D eigenvalue weighted by molar-refractivity contribution is -0.156. The second-order valence-electron chi connectivity index (χ2n) is 28.2. The van der Waals surface area contributed by atoms with Gasteiger partial charge in [0.1, 0.15) is 18.0 Å². The van der Waals surface area contributed by atoms with Crippen molar-refractivity contribution in [1.82, 2.24) is 19.5 Å². The van der Waals surface area contributed by atoms with Crippen LogP contribution < -0.4 is 4.74 Å². The summed E-state index contributed by atoms with van der Waals surface area (Å²) in [6.45, 7) is 44.3. The van der Waals surface area contributed by atoms with Crippen molar-refractivity contribution < 1.29 is 19.1 Å². The number of esters is 1. The van der Waals surface area contributed by atoms with Crippen LogP contribution >= 0.6 is 0 Å². The van der Waals surface area contributed by atoms with Gasteiger partial charge in [-0.25, -0.2) is 9.97 Å². The molecule has 0 aliphatic rings. The number of carbonyl (C=O) groups excluding carboxylic acids is 2. The van der Waals surface area contributed by atoms with E-state index in [9.17, 15) is 9.59 Å². The molecule has 7 rings (SSSR count). The van der Waals surface area contributed by atoms with E-state index < -0.39 is 0 Å². The van der Waals surface area contributed by atoms with Gasteiger partial charge < -0.3 is 19.0 Å². The molecule has 0 spiro atoms. The van der Waals surface area contributed by atoms with Gasteiger partial charge in [0.15, 0.2) is 5.78 Å². The van der Waals surface area contributed by atoms with E-state index in [-0.39, 0.29) is 28.2 Å². The smallest absolute Gasteiger partial charge is 0.306 e. The van der Waals surface area contributed by atoms with Crippen LogP contribution in [0.5, 0.6) is 5.75 Å². The number of imidazole rings is 2. The zero-order valence-corrected chi connectivity index (χ0v) is 52.4. The second-order valence-corrected chi connectivity index (χ2v) is 28.2. The molecule has 0 atom stereocenters. The molecule has 5 aromatic carbocycles. The van der Waals surface area contributed by atoms with Crippen molar-refractivity contribution >= 4 is 11.8 Å². The monoisotopic (exact) mass is 1070 g/mol. The van der Waals surface area contributed by atoms with E-state index in [0.29, 0.717) is 29.3 Å². The molecule has 2 aromatic heterocycles. The molecule has 0 aliphatic carbocycles. The lowest BCUT2D eigenvalue weighted by Crippen LogP contribution is -2.26. The van der Waals surface area contributed by atoms with E-state index in [1.54, 1.807) is 6.33 Å². The highest BCUT2D eigenvalue weighted by Gasteiger charge is 2.22. The summed E-state index contributed by atoms with van der Waals surface area (Å²) in [6.07, 6.45) is 12.4. The van der Waals surface area contributed by atoms with Crippen LogP contribution in [-0.2, 0) is 48.4 Å². The van der Waals surface area contributed by atoms with Crippen LogP contribution in [0.2, 0.25) is 0 Å². The Labute approximate surface area is 478 Å². The summed E-state index contributed by atoms with van der Waals surface area (Å²) < 4.78 is 13.2. The van der Waals surface area contributed by atoms with Crippen LogP contribution in [0.3, 0.4) is 0 Å². The predicted octanol–water partition coefficient (Wildman–Crippen LogP) is 18.3. The Bertz CT molecular complexity index is 2780. The fourth-order valence-corrected chi connectivity index (χ4v) is 8.10. The average molecular weight is 1070 g/mol. The molecular weight excluding hydrogens is 973 g/mol. The first-order valence-electron chi connectivity index (χ1n) is 28.2. The molecule has 0 amide bonds. The van der Waals surface area contributed by atoms with Crippen molar-refractivity contribution in [2.24, 2.45) is 27.1 Å². The number of ether oxygens (including phenoxy) is 2. The maximum Gasteiger partial charge on any atom is 0.306 e. The lowest BCUT2D eigenvalue weighted by Gasteiger charge is -2.23. The van der Waals surface area contributed by atoms with E-state index in [1.165, 1.54) is 44.8 Å². The molecule has 79 heavy (non-hydrogen) atoms. The quantitative estimate of drug-likeness (QED) is 0.0967. The highest BCUT2D eigenvalue weighted by Crippen LogP contribution is 2.25. The van der Waals surface area contributed by atoms with Crippen LogP contribution in [0, 0.1) is 40.9 Å². The molecule has 0 unspecified atom stereocenters. The number of aryl methyl sites for hydroxylation is 2. The maximum absolute atomic E-state index is 12.2. The molecule has 0 radical (unpaired) electrons. The number of nitrogens with zero attached hydrogens (tertiary/aromatic N) is 3. The van der Waals surface area contributed by atoms with Gasteiger partial charge in [0.2, 0.25) is 0 Å². The Kier molecular flexibility index (Phi) is 25.5. The second kappa shape index (κ2) is 30.2. The molecule has 0 saturated carbocycles. The van der Waals surface area contributed by atoms with Crippen LogP contribution in [-0.4, -0.2) is 36.9 Å². The van der Waals surface area contributed by atoms with Crippen molar-refractivity contribution in [3.05, 3.63) is 208 Å². The van der Waals surface area contributed by atoms with Crippen molar-refractivity contribution in [2.45, 2.75) is 189 Å². The molecule has 0 fully saturated rings. The molecule has 7 aromatic rings. The van der Waals surface area contributed by atoms with Gasteiger partial charge in [0, 0.05) is 35.8 Å². The Morgan fingerprint density at radius 2 is 0.962 bits per heavy atom. The van der Waals surface area contributed by atoms with E-state index in [1.807, 2.05) is 96.5 Å². The molecule has 1 N–H and O–H groups in total. The van der Waals surface area contributed by atoms with E-state index >= 15 is 0 Å². The molecule has 428 valence electrons. The minimum atomic E-state index is -0.359. The summed E-state index contributed by atoms with van der Waals surface area (Å²) in [5.41, 5.74) is 12.5. The van der Waals surface area contributed by atoms with Crippen molar-refractivity contribution in [1.29, 1.82) is 0 Å². The van der Waals surface area contributed by atoms with E-state index in [4.69, 9.17) is 9.47 Å². The summed E-state index contributed by atoms with van der Waals surface area (Å²) in [5.74, 6) is 0.904. The number of aromatic amines is 1. The Morgan fingerprint density at radius 3 is 1.41 bits per heavy atom. The number of nitrogens with one attached hydrogen (secondary N) is 1. The fraction of sp³-hybridized carbons (Fsp3) is 0.465. The van der Waals surface area contributed by atoms with Gasteiger partial charge in [-0.1, -0.05) is 230 Å². The van der Waals surface area contributed by atoms with E-state index in [0.717, 1.165) is 49.1 Å². The topological polar surface area (TPSA) is 99.1 Å². The van der Waals surface area contributed by atoms with Crippen molar-refractivity contribution in [3.8, 4) is 5.75 Å². The molecule has 8 nitrogen and oxygen atoms in total. The first kappa shape index (κ1) is 66.7. The third kappa shape index (κ3) is 31.6. The average Bonchev–Trinajstić information content (AvgIpc) is 4.00. The number of H-pyrrole nitrogens is 1. The number of ketones is 1. The van der Waals surface area contributed by atoms with E-state index in [2.05, 4.69) is 208 Å². The Morgan fingerprint density at radius 1 is 0.506 bits per heavy atom. The van der Waals surface area contributed by atoms with Crippen LogP contribution in [0.1, 0.15) is 192 Å². The minimum Gasteiger partial charge on any atom is -0.489 e. The Balaban J connectivity index is 0.000000265. The normalized spacial score (nSPS) is 11.7. The molecule has 0 saturated heterocycles. The predicted molar refractivity (Wildman–Crippen MR) is 332 cm³/mol. The fourth-order valence-electron chi connectivity index (χ4n) is 8.10. The van der Waals surface area contributed by atoms with Crippen molar-refractivity contribution in [3.63, 3.8) is 0 Å². The van der Waals surface area contributed by atoms with Gasteiger partial charge >= 0.3 is 5.97 Å². The van der Waals surface area contributed by atoms with Crippen LogP contribution in [0.25, 0.3) is 0 Å². The number of carbonyl (C=O) groups is 2.